The Morgan fingerprint density at radius 1 is 1.18 bits per heavy atom. The van der Waals surface area contributed by atoms with Crippen LogP contribution in [0.3, 0.4) is 0 Å². The average molecular weight is 528 g/mol. The van der Waals surface area contributed by atoms with E-state index < -0.39 is 51.9 Å². The average Bonchev–Trinajstić information content (AvgIpc) is 2.71. The van der Waals surface area contributed by atoms with Crippen molar-refractivity contribution in [3.8, 4) is 16.9 Å². The third-order valence-corrected chi connectivity index (χ3v) is 6.80. The maximum Gasteiger partial charge on any atom is 0.466 e. The van der Waals surface area contributed by atoms with Crippen molar-refractivity contribution in [1.29, 1.82) is 0 Å². The molecule has 0 radical (unpaired) electrons. The molecule has 1 heterocycles. The second-order valence-corrected chi connectivity index (χ2v) is 10.6. The topological polar surface area (TPSA) is 192 Å². The van der Waals surface area contributed by atoms with Crippen LogP contribution < -0.4 is 15.8 Å². The number of phosphoric acid groups is 1. The number of ether oxygens (including phenoxy) is 1. The molecular formula is C18H23F2N2O10PS. The number of carbonyl (C=O) groups is 1. The Hall–Kier alpha value is -2.68. The number of hydrogen-bond donors (Lipinski definition) is 5. The summed E-state index contributed by atoms with van der Waals surface area (Å²) in [6.45, 7) is 0.745. The van der Waals surface area contributed by atoms with E-state index in [2.05, 4.69) is 0 Å². The lowest BCUT2D eigenvalue weighted by Gasteiger charge is -2.25. The molecular weight excluding hydrogens is 505 g/mol. The molecule has 34 heavy (non-hydrogen) atoms. The second kappa shape index (κ2) is 11.2. The number of aryl methyl sites for hydroxylation is 1. The van der Waals surface area contributed by atoms with E-state index in [1.165, 1.54) is 24.7 Å². The van der Waals surface area contributed by atoms with E-state index in [1.807, 2.05) is 0 Å². The van der Waals surface area contributed by atoms with Gasteiger partial charge in [-0.25, -0.2) is 27.2 Å². The van der Waals surface area contributed by atoms with E-state index in [1.54, 1.807) is 0 Å². The normalized spacial score (nSPS) is 13.3. The lowest BCUT2D eigenvalue weighted by atomic mass is 10.0. The van der Waals surface area contributed by atoms with Gasteiger partial charge < -0.3 is 24.0 Å². The van der Waals surface area contributed by atoms with E-state index >= 15 is 0 Å². The largest absolute Gasteiger partial charge is 0.497 e. The van der Waals surface area contributed by atoms with Crippen molar-refractivity contribution in [3.05, 3.63) is 52.5 Å². The number of pyridine rings is 1. The van der Waals surface area contributed by atoms with Crippen molar-refractivity contribution in [1.82, 2.24) is 10.0 Å². The Labute approximate surface area is 192 Å². The molecule has 5 N–H and O–H groups in total. The van der Waals surface area contributed by atoms with Gasteiger partial charge in [-0.05, 0) is 25.5 Å². The predicted octanol–water partition coefficient (Wildman–Crippen LogP) is 0.572. The molecule has 1 aromatic heterocycles. The number of sulfone groups is 1. The zero-order chi connectivity index (χ0) is 26.5. The molecule has 2 aromatic rings. The first-order valence-corrected chi connectivity index (χ1v) is 12.6. The van der Waals surface area contributed by atoms with Gasteiger partial charge in [0.05, 0.1) is 7.11 Å². The van der Waals surface area contributed by atoms with Crippen molar-refractivity contribution in [2.45, 2.75) is 24.6 Å². The van der Waals surface area contributed by atoms with Crippen LogP contribution in [0.15, 0.2) is 35.3 Å². The standard InChI is InChI=1S/C18H20F2N2O6S.H3O4P/c1-18(17(24)21-25,29(3,26)27)6-7-22-10-15(20)13(9-16(22)23)12-5-4-11(28-2)8-14(12)19;1-5(2,3)4/h4-5,8-10,25H,6-7H2,1-3H3,(H,21,24);(H3,1,2,3,4). The zero-order valence-corrected chi connectivity index (χ0v) is 19.8. The lowest BCUT2D eigenvalue weighted by molar-refractivity contribution is -0.131. The number of halogens is 2. The second-order valence-electron chi connectivity index (χ2n) is 7.12. The van der Waals surface area contributed by atoms with Crippen molar-refractivity contribution in [3.63, 3.8) is 0 Å². The van der Waals surface area contributed by atoms with Gasteiger partial charge in [0.25, 0.3) is 11.5 Å². The van der Waals surface area contributed by atoms with Gasteiger partial charge in [0.15, 0.2) is 14.6 Å². The van der Waals surface area contributed by atoms with Crippen molar-refractivity contribution in [2.24, 2.45) is 0 Å². The summed E-state index contributed by atoms with van der Waals surface area (Å²) >= 11 is 0. The molecule has 190 valence electrons. The van der Waals surface area contributed by atoms with Crippen molar-refractivity contribution < 1.29 is 51.2 Å². The minimum atomic E-state index is -4.64. The number of aromatic nitrogens is 1. The minimum Gasteiger partial charge on any atom is -0.497 e. The van der Waals surface area contributed by atoms with Crippen LogP contribution in [-0.4, -0.2) is 56.9 Å². The molecule has 0 spiro atoms. The van der Waals surface area contributed by atoms with Gasteiger partial charge in [-0.3, -0.25) is 14.8 Å². The SMILES string of the molecule is COc1ccc(-c2cc(=O)n(CCC(C)(C(=O)NO)S(C)(=O)=O)cc2F)c(F)c1.O=P(O)(O)O. The lowest BCUT2D eigenvalue weighted by Crippen LogP contribution is -2.50. The van der Waals surface area contributed by atoms with Gasteiger partial charge in [-0.15, -0.1) is 0 Å². The number of hydrogen-bond acceptors (Lipinski definition) is 7. The Kier molecular flexibility index (Phi) is 9.64. The van der Waals surface area contributed by atoms with Crippen LogP contribution in [0.25, 0.3) is 11.1 Å². The summed E-state index contributed by atoms with van der Waals surface area (Å²) in [7, 11) is -7.27. The van der Waals surface area contributed by atoms with Crippen LogP contribution in [0.5, 0.6) is 5.75 Å². The molecule has 0 saturated carbocycles. The van der Waals surface area contributed by atoms with Crippen LogP contribution in [0.4, 0.5) is 8.78 Å². The molecule has 1 amide bonds. The molecule has 0 aliphatic rings. The highest BCUT2D eigenvalue weighted by atomic mass is 32.2. The first-order valence-electron chi connectivity index (χ1n) is 9.11. The minimum absolute atomic E-state index is 0.145. The van der Waals surface area contributed by atoms with Gasteiger partial charge in [0.1, 0.15) is 17.4 Å². The predicted molar refractivity (Wildman–Crippen MR) is 115 cm³/mol. The van der Waals surface area contributed by atoms with E-state index in [-0.39, 0.29) is 23.4 Å². The highest BCUT2D eigenvalue weighted by Crippen LogP contribution is 2.28. The zero-order valence-electron chi connectivity index (χ0n) is 18.1. The number of amides is 1. The fourth-order valence-electron chi connectivity index (χ4n) is 2.69. The summed E-state index contributed by atoms with van der Waals surface area (Å²) in [6, 6.07) is 4.60. The summed E-state index contributed by atoms with van der Waals surface area (Å²) in [5.74, 6) is -2.65. The molecule has 1 atom stereocenters. The van der Waals surface area contributed by atoms with Crippen LogP contribution in [0.1, 0.15) is 13.3 Å². The molecule has 0 aliphatic heterocycles. The smallest absolute Gasteiger partial charge is 0.466 e. The van der Waals surface area contributed by atoms with Crippen molar-refractivity contribution in [2.75, 3.05) is 13.4 Å². The number of benzene rings is 1. The summed E-state index contributed by atoms with van der Waals surface area (Å²) in [6.07, 6.45) is 1.20. The first-order chi connectivity index (χ1) is 15.4. The Morgan fingerprint density at radius 3 is 2.18 bits per heavy atom. The van der Waals surface area contributed by atoms with Gasteiger partial charge in [0, 0.05) is 42.3 Å². The molecule has 0 bridgehead atoms. The number of rotatable bonds is 7. The van der Waals surface area contributed by atoms with Gasteiger partial charge in [-0.2, -0.15) is 0 Å². The molecule has 1 aromatic carbocycles. The summed E-state index contributed by atoms with van der Waals surface area (Å²) < 4.78 is 65.3. The monoisotopic (exact) mass is 528 g/mol. The molecule has 0 fully saturated rings. The molecule has 2 rings (SSSR count). The first kappa shape index (κ1) is 29.4. The maximum absolute atomic E-state index is 14.6. The van der Waals surface area contributed by atoms with E-state index in [0.717, 1.165) is 36.1 Å². The third kappa shape index (κ3) is 7.68. The Morgan fingerprint density at radius 2 is 1.74 bits per heavy atom. The van der Waals surface area contributed by atoms with Gasteiger partial charge in [-0.1, -0.05) is 0 Å². The van der Waals surface area contributed by atoms with Crippen LogP contribution in [-0.2, 0) is 25.7 Å². The molecule has 0 saturated heterocycles. The third-order valence-electron chi connectivity index (χ3n) is 4.77. The van der Waals surface area contributed by atoms with Gasteiger partial charge in [0.2, 0.25) is 0 Å². The van der Waals surface area contributed by atoms with Crippen LogP contribution >= 0.6 is 7.82 Å². The molecule has 16 heteroatoms. The fraction of sp³-hybridized carbons (Fsp3) is 0.333. The number of carbonyl (C=O) groups excluding carboxylic acids is 1. The number of methoxy groups -OCH3 is 1. The fourth-order valence-corrected chi connectivity index (χ4v) is 3.53. The summed E-state index contributed by atoms with van der Waals surface area (Å²) in [5, 5.41) is 8.82. The summed E-state index contributed by atoms with van der Waals surface area (Å²) in [4.78, 5) is 45.7. The number of nitrogens with zero attached hydrogens (tertiary/aromatic N) is 1. The van der Waals surface area contributed by atoms with E-state index in [0.29, 0.717) is 0 Å². The quantitative estimate of drug-likeness (QED) is 0.193. The van der Waals surface area contributed by atoms with Crippen LogP contribution in [0, 0.1) is 11.6 Å². The maximum atomic E-state index is 14.6. The molecule has 1 unspecified atom stereocenters. The van der Waals surface area contributed by atoms with Crippen molar-refractivity contribution >= 4 is 23.6 Å². The number of hydroxylamine groups is 1. The Bertz CT molecular complexity index is 1250. The van der Waals surface area contributed by atoms with E-state index in [4.69, 9.17) is 29.2 Å². The highest BCUT2D eigenvalue weighted by Gasteiger charge is 2.43. The summed E-state index contributed by atoms with van der Waals surface area (Å²) in [5.41, 5.74) is 0.146. The highest BCUT2D eigenvalue weighted by molar-refractivity contribution is 7.92. The molecule has 0 aliphatic carbocycles. The van der Waals surface area contributed by atoms with Gasteiger partial charge >= 0.3 is 7.82 Å². The van der Waals surface area contributed by atoms with Crippen LogP contribution in [0.2, 0.25) is 0 Å². The Balaban J connectivity index is 0.00000104. The molecule has 12 nitrogen and oxygen atoms in total. The number of nitrogens with one attached hydrogen (secondary N) is 1. The van der Waals surface area contributed by atoms with E-state index in [9.17, 15) is 26.8 Å².